The van der Waals surface area contributed by atoms with Crippen LogP contribution in [0.25, 0.3) is 0 Å². The highest BCUT2D eigenvalue weighted by atomic mass is 16.3. The number of rotatable bonds is 4. The minimum atomic E-state index is -0.290. The fraction of sp³-hybridized carbons (Fsp3) is 0.118. The molecule has 0 saturated carbocycles. The van der Waals surface area contributed by atoms with E-state index >= 15 is 0 Å². The van der Waals surface area contributed by atoms with Crippen LogP contribution in [0.2, 0.25) is 0 Å². The molecule has 3 aromatic rings. The molecule has 4 heteroatoms. The van der Waals surface area contributed by atoms with Gasteiger partial charge in [-0.05, 0) is 11.1 Å². The zero-order valence-electron chi connectivity index (χ0n) is 11.5. The van der Waals surface area contributed by atoms with E-state index in [0.29, 0.717) is 18.7 Å². The van der Waals surface area contributed by atoms with Gasteiger partial charge in [0.15, 0.2) is 0 Å². The average molecular weight is 280 g/mol. The van der Waals surface area contributed by atoms with Gasteiger partial charge in [0.25, 0.3) is 0 Å². The Morgan fingerprint density at radius 3 is 2.10 bits per heavy atom. The Morgan fingerprint density at radius 2 is 1.48 bits per heavy atom. The zero-order valence-corrected chi connectivity index (χ0v) is 11.5. The third kappa shape index (κ3) is 2.89. The van der Waals surface area contributed by atoms with Gasteiger partial charge < -0.3 is 10.1 Å². The van der Waals surface area contributed by atoms with Gasteiger partial charge >= 0.3 is 5.69 Å². The van der Waals surface area contributed by atoms with E-state index in [0.717, 1.165) is 11.1 Å². The summed E-state index contributed by atoms with van der Waals surface area (Å²) in [5.74, 6) is 0.00714. The summed E-state index contributed by atoms with van der Waals surface area (Å²) in [4.78, 5) is 14.7. The molecule has 2 N–H and O–H groups in total. The number of hydrogen-bond donors (Lipinski definition) is 2. The van der Waals surface area contributed by atoms with Crippen molar-refractivity contribution in [3.63, 3.8) is 0 Å². The van der Waals surface area contributed by atoms with Crippen LogP contribution in [0.1, 0.15) is 16.8 Å². The minimum Gasteiger partial charge on any atom is -0.493 e. The van der Waals surface area contributed by atoms with Crippen LogP contribution in [0, 0.1) is 0 Å². The van der Waals surface area contributed by atoms with Crippen molar-refractivity contribution in [2.75, 3.05) is 0 Å². The molecule has 0 spiro atoms. The predicted molar refractivity (Wildman–Crippen MR) is 81.5 cm³/mol. The van der Waals surface area contributed by atoms with Gasteiger partial charge in [-0.25, -0.2) is 4.79 Å². The van der Waals surface area contributed by atoms with E-state index in [1.54, 1.807) is 0 Å². The van der Waals surface area contributed by atoms with Crippen LogP contribution in [0.5, 0.6) is 5.88 Å². The second kappa shape index (κ2) is 5.71. The molecule has 0 bridgehead atoms. The van der Waals surface area contributed by atoms with Gasteiger partial charge in [-0.2, -0.15) is 0 Å². The van der Waals surface area contributed by atoms with Crippen molar-refractivity contribution in [2.24, 2.45) is 0 Å². The maximum atomic E-state index is 12.0. The molecule has 0 aliphatic heterocycles. The van der Waals surface area contributed by atoms with Crippen molar-refractivity contribution < 1.29 is 5.11 Å². The summed E-state index contributed by atoms with van der Waals surface area (Å²) >= 11 is 0. The normalized spacial score (nSPS) is 10.7. The molecule has 2 aromatic carbocycles. The number of hydrogen-bond acceptors (Lipinski definition) is 2. The van der Waals surface area contributed by atoms with Gasteiger partial charge in [0.05, 0.1) is 12.2 Å². The maximum Gasteiger partial charge on any atom is 0.328 e. The summed E-state index contributed by atoms with van der Waals surface area (Å²) < 4.78 is 1.35. The predicted octanol–water partition coefficient (Wildman–Crippen LogP) is 2.52. The number of H-pyrrole nitrogens is 1. The SMILES string of the molecule is O=c1[nH]c(Cc2ccccc2)c(O)n1Cc1ccccc1. The van der Waals surface area contributed by atoms with Gasteiger partial charge in [0.2, 0.25) is 5.88 Å². The van der Waals surface area contributed by atoms with Gasteiger partial charge in [0.1, 0.15) is 0 Å². The number of aromatic amines is 1. The van der Waals surface area contributed by atoms with E-state index in [1.807, 2.05) is 60.7 Å². The molecule has 0 atom stereocenters. The van der Waals surface area contributed by atoms with Crippen molar-refractivity contribution in [2.45, 2.75) is 13.0 Å². The number of imidazole rings is 1. The fourth-order valence-corrected chi connectivity index (χ4v) is 2.35. The monoisotopic (exact) mass is 280 g/mol. The Labute approximate surface area is 122 Å². The molecule has 0 saturated heterocycles. The number of aromatic nitrogens is 2. The molecule has 0 fully saturated rings. The first-order valence-electron chi connectivity index (χ1n) is 6.82. The Balaban J connectivity index is 1.88. The van der Waals surface area contributed by atoms with Crippen LogP contribution in [-0.4, -0.2) is 14.7 Å². The lowest BCUT2D eigenvalue weighted by molar-refractivity contribution is 0.417. The molecule has 0 aliphatic carbocycles. The first-order valence-corrected chi connectivity index (χ1v) is 6.82. The topological polar surface area (TPSA) is 58.0 Å². The molecule has 4 nitrogen and oxygen atoms in total. The molecular weight excluding hydrogens is 264 g/mol. The van der Waals surface area contributed by atoms with Crippen molar-refractivity contribution in [3.05, 3.63) is 88.0 Å². The van der Waals surface area contributed by atoms with Crippen LogP contribution < -0.4 is 5.69 Å². The lowest BCUT2D eigenvalue weighted by Gasteiger charge is -2.04. The van der Waals surface area contributed by atoms with Crippen molar-refractivity contribution in [1.29, 1.82) is 0 Å². The van der Waals surface area contributed by atoms with Gasteiger partial charge in [-0.3, -0.25) is 4.57 Å². The van der Waals surface area contributed by atoms with Gasteiger partial charge in [-0.15, -0.1) is 0 Å². The van der Waals surface area contributed by atoms with Crippen molar-refractivity contribution >= 4 is 0 Å². The minimum absolute atomic E-state index is 0.00714. The lowest BCUT2D eigenvalue weighted by atomic mass is 10.1. The molecule has 106 valence electrons. The van der Waals surface area contributed by atoms with Crippen LogP contribution in [0.15, 0.2) is 65.5 Å². The lowest BCUT2D eigenvalue weighted by Crippen LogP contribution is -2.17. The molecule has 21 heavy (non-hydrogen) atoms. The summed E-state index contributed by atoms with van der Waals surface area (Å²) in [7, 11) is 0. The van der Waals surface area contributed by atoms with Gasteiger partial charge in [-0.1, -0.05) is 60.7 Å². The summed E-state index contributed by atoms with van der Waals surface area (Å²) in [6.45, 7) is 0.358. The zero-order chi connectivity index (χ0) is 14.7. The molecular formula is C17H16N2O2. The highest BCUT2D eigenvalue weighted by Crippen LogP contribution is 2.18. The highest BCUT2D eigenvalue weighted by molar-refractivity contribution is 5.28. The first-order chi connectivity index (χ1) is 10.2. The molecule has 0 amide bonds. The Hall–Kier alpha value is -2.75. The third-order valence-corrected chi connectivity index (χ3v) is 3.44. The first kappa shape index (κ1) is 13.2. The second-order valence-electron chi connectivity index (χ2n) is 4.97. The smallest absolute Gasteiger partial charge is 0.328 e. The Bertz CT molecular complexity index is 774. The van der Waals surface area contributed by atoms with Crippen molar-refractivity contribution in [1.82, 2.24) is 9.55 Å². The van der Waals surface area contributed by atoms with E-state index in [1.165, 1.54) is 4.57 Å². The Kier molecular flexibility index (Phi) is 3.60. The largest absolute Gasteiger partial charge is 0.493 e. The van der Waals surface area contributed by atoms with E-state index < -0.39 is 0 Å². The van der Waals surface area contributed by atoms with E-state index in [2.05, 4.69) is 4.98 Å². The molecule has 0 aliphatic rings. The molecule has 1 aromatic heterocycles. The summed E-state index contributed by atoms with van der Waals surface area (Å²) in [5, 5.41) is 10.3. The fourth-order valence-electron chi connectivity index (χ4n) is 2.35. The quantitative estimate of drug-likeness (QED) is 0.771. The molecule has 0 unspecified atom stereocenters. The van der Waals surface area contributed by atoms with Crippen LogP contribution in [0.3, 0.4) is 0 Å². The van der Waals surface area contributed by atoms with Crippen LogP contribution >= 0.6 is 0 Å². The Morgan fingerprint density at radius 1 is 0.905 bits per heavy atom. The standard InChI is InChI=1S/C17H16N2O2/c20-16-15(11-13-7-3-1-4-8-13)18-17(21)19(16)12-14-9-5-2-6-10-14/h1-10,20H,11-12H2,(H,18,21). The van der Waals surface area contributed by atoms with Crippen molar-refractivity contribution in [3.8, 4) is 5.88 Å². The molecule has 1 heterocycles. The summed E-state index contributed by atoms with van der Waals surface area (Å²) in [6.07, 6.45) is 0.504. The number of nitrogens with one attached hydrogen (secondary N) is 1. The number of nitrogens with zero attached hydrogens (tertiary/aromatic N) is 1. The van der Waals surface area contributed by atoms with Gasteiger partial charge in [0, 0.05) is 6.42 Å². The second-order valence-corrected chi connectivity index (χ2v) is 4.97. The van der Waals surface area contributed by atoms with E-state index in [9.17, 15) is 9.90 Å². The van der Waals surface area contributed by atoms with Crippen LogP contribution in [-0.2, 0) is 13.0 Å². The summed E-state index contributed by atoms with van der Waals surface area (Å²) in [6, 6.07) is 19.3. The molecule has 0 radical (unpaired) electrons. The van der Waals surface area contributed by atoms with Crippen LogP contribution in [0.4, 0.5) is 0 Å². The maximum absolute atomic E-state index is 12.0. The summed E-state index contributed by atoms with van der Waals surface area (Å²) in [5.41, 5.74) is 2.27. The third-order valence-electron chi connectivity index (χ3n) is 3.44. The highest BCUT2D eigenvalue weighted by Gasteiger charge is 2.13. The van der Waals surface area contributed by atoms with E-state index in [-0.39, 0.29) is 11.6 Å². The van der Waals surface area contributed by atoms with E-state index in [4.69, 9.17) is 0 Å². The number of aromatic hydroxyl groups is 1. The number of benzene rings is 2. The average Bonchev–Trinajstić information content (AvgIpc) is 2.77. The molecule has 3 rings (SSSR count).